The molecular weight excluding hydrogens is 478 g/mol. The number of alkyl halides is 6. The summed E-state index contributed by atoms with van der Waals surface area (Å²) in [5, 5.41) is 0. The van der Waals surface area contributed by atoms with E-state index >= 15 is 0 Å². The number of hydrogen-bond donors (Lipinski definition) is 0. The first-order valence-electron chi connectivity index (χ1n) is 12.1. The van der Waals surface area contributed by atoms with Crippen LogP contribution in [-0.2, 0) is 37.8 Å². The molecule has 0 radical (unpaired) electrons. The summed E-state index contributed by atoms with van der Waals surface area (Å²) in [6.45, 7) is 4.01. The highest BCUT2D eigenvalue weighted by Crippen LogP contribution is 2.63. The molecule has 35 heavy (non-hydrogen) atoms. The fraction of sp³-hybridized carbons (Fsp3) is 0.720. The van der Waals surface area contributed by atoms with Gasteiger partial charge in [0.2, 0.25) is 6.29 Å². The van der Waals surface area contributed by atoms with E-state index in [0.29, 0.717) is 12.3 Å². The lowest BCUT2D eigenvalue weighted by molar-refractivity contribution is -0.265. The van der Waals surface area contributed by atoms with E-state index < -0.39 is 53.0 Å². The summed E-state index contributed by atoms with van der Waals surface area (Å²) < 4.78 is 97.4. The minimum atomic E-state index is -4.89. The lowest BCUT2D eigenvalue weighted by Crippen LogP contribution is -2.65. The fourth-order valence-electron chi connectivity index (χ4n) is 6.89. The number of carbonyl (C=O) groups is 1. The van der Waals surface area contributed by atoms with Gasteiger partial charge >= 0.3 is 18.3 Å². The molecule has 3 aliphatic heterocycles. The highest BCUT2D eigenvalue weighted by Gasteiger charge is 2.72. The van der Waals surface area contributed by atoms with Crippen molar-refractivity contribution in [3.05, 3.63) is 34.9 Å². The van der Waals surface area contributed by atoms with Crippen molar-refractivity contribution >= 4 is 5.97 Å². The Morgan fingerprint density at radius 1 is 0.971 bits per heavy atom. The number of esters is 1. The Labute approximate surface area is 199 Å². The Balaban J connectivity index is 1.36. The van der Waals surface area contributed by atoms with Gasteiger partial charge in [-0.2, -0.15) is 26.3 Å². The minimum Gasteiger partial charge on any atom is -0.432 e. The van der Waals surface area contributed by atoms with Gasteiger partial charge in [-0.15, -0.1) is 0 Å². The lowest BCUT2D eigenvalue weighted by atomic mass is 9.56. The molecule has 4 fully saturated rings. The van der Waals surface area contributed by atoms with Crippen LogP contribution < -0.4 is 0 Å². The summed E-state index contributed by atoms with van der Waals surface area (Å²) in [4.78, 5) is 13.0. The van der Waals surface area contributed by atoms with Crippen molar-refractivity contribution in [3.8, 4) is 0 Å². The Morgan fingerprint density at radius 3 is 2.26 bits per heavy atom. The summed E-state index contributed by atoms with van der Waals surface area (Å²) in [6, 6.07) is 1.63. The van der Waals surface area contributed by atoms with Gasteiger partial charge < -0.3 is 14.2 Å². The average molecular weight is 506 g/mol. The molecule has 194 valence electrons. The number of rotatable bonds is 4. The highest BCUT2D eigenvalue weighted by molar-refractivity contribution is 5.74. The van der Waals surface area contributed by atoms with Gasteiger partial charge in [0.25, 0.3) is 0 Å². The van der Waals surface area contributed by atoms with Gasteiger partial charge in [0.05, 0.1) is 17.0 Å². The van der Waals surface area contributed by atoms with E-state index in [9.17, 15) is 31.1 Å². The molecule has 2 bridgehead atoms. The van der Waals surface area contributed by atoms with Gasteiger partial charge in [-0.05, 0) is 81.0 Å². The van der Waals surface area contributed by atoms with Gasteiger partial charge in [-0.25, -0.2) is 0 Å². The molecule has 4 nitrogen and oxygen atoms in total. The van der Waals surface area contributed by atoms with E-state index in [1.54, 1.807) is 0 Å². The molecule has 1 spiro atoms. The number of carbonyl (C=O) groups excluding carboxylic acids is 1. The van der Waals surface area contributed by atoms with Gasteiger partial charge in [0.1, 0.15) is 5.60 Å². The van der Waals surface area contributed by atoms with Crippen LogP contribution in [0.25, 0.3) is 0 Å². The topological polar surface area (TPSA) is 44.8 Å². The molecule has 10 heteroatoms. The van der Waals surface area contributed by atoms with Crippen molar-refractivity contribution in [2.24, 2.45) is 23.7 Å². The third kappa shape index (κ3) is 4.14. The number of ether oxygens (including phenoxy) is 3. The molecule has 1 aliphatic carbocycles. The Morgan fingerprint density at radius 2 is 1.63 bits per heavy atom. The molecule has 0 N–H and O–H groups in total. The highest BCUT2D eigenvalue weighted by atomic mass is 19.4. The van der Waals surface area contributed by atoms with Crippen molar-refractivity contribution in [2.75, 3.05) is 0 Å². The number of aryl methyl sites for hydroxylation is 1. The van der Waals surface area contributed by atoms with E-state index in [1.807, 2.05) is 6.92 Å². The third-order valence-corrected chi connectivity index (χ3v) is 8.45. The number of benzene rings is 1. The molecule has 0 unspecified atom stereocenters. The zero-order valence-electron chi connectivity index (χ0n) is 19.5. The van der Waals surface area contributed by atoms with Crippen LogP contribution in [0, 0.1) is 23.7 Å². The van der Waals surface area contributed by atoms with Crippen LogP contribution in [0.2, 0.25) is 0 Å². The van der Waals surface area contributed by atoms with Gasteiger partial charge in [-0.1, -0.05) is 6.92 Å². The lowest BCUT2D eigenvalue weighted by Gasteiger charge is -2.56. The fourth-order valence-corrected chi connectivity index (χ4v) is 6.89. The van der Waals surface area contributed by atoms with Gasteiger partial charge in [-0.3, -0.25) is 4.79 Å². The second-order valence-electron chi connectivity index (χ2n) is 10.7. The number of hydrogen-bond acceptors (Lipinski definition) is 4. The number of fused-ring (bicyclic) bond motifs is 1. The third-order valence-electron chi connectivity index (χ3n) is 8.45. The Hall–Kier alpha value is -1.81. The van der Waals surface area contributed by atoms with Crippen LogP contribution in [0.1, 0.15) is 69.1 Å². The Kier molecular flexibility index (Phi) is 5.75. The first-order valence-corrected chi connectivity index (χ1v) is 12.1. The van der Waals surface area contributed by atoms with Gasteiger partial charge in [0.15, 0.2) is 5.79 Å². The average Bonchev–Trinajstić information content (AvgIpc) is 2.97. The molecule has 0 amide bonds. The maximum atomic E-state index is 13.2. The van der Waals surface area contributed by atoms with Crippen molar-refractivity contribution in [2.45, 2.75) is 88.8 Å². The van der Waals surface area contributed by atoms with E-state index in [2.05, 4.69) is 6.92 Å². The molecule has 1 aromatic rings. The van der Waals surface area contributed by atoms with Crippen LogP contribution in [-0.4, -0.2) is 23.6 Å². The standard InChI is InChI=1S/C25H28F6O4/c1-13-6-7-19-17(20(32)33-21-23(19)18(13)8-9-22(2,34-21)35-23)5-3-4-14-10-15(24(26,27)28)12-16(11-14)25(29,30)31/h10-13,17-19,21H,3-9H2,1-2H3/t13-,17-,18+,19+,21-,22-,23-/m1/s1. The maximum Gasteiger partial charge on any atom is 0.416 e. The monoisotopic (exact) mass is 506 g/mol. The van der Waals surface area contributed by atoms with Crippen LogP contribution in [0.3, 0.4) is 0 Å². The smallest absolute Gasteiger partial charge is 0.416 e. The van der Waals surface area contributed by atoms with Crippen molar-refractivity contribution in [1.82, 2.24) is 0 Å². The molecule has 3 heterocycles. The predicted octanol–water partition coefficient (Wildman–Crippen LogP) is 6.50. The quantitative estimate of drug-likeness (QED) is 0.345. The molecule has 3 saturated heterocycles. The first kappa shape index (κ1) is 24.9. The summed E-state index contributed by atoms with van der Waals surface area (Å²) in [5.74, 6) is -1.43. The minimum absolute atomic E-state index is 0.0190. The molecule has 1 saturated carbocycles. The van der Waals surface area contributed by atoms with E-state index in [4.69, 9.17) is 14.2 Å². The second-order valence-corrected chi connectivity index (χ2v) is 10.7. The zero-order valence-corrected chi connectivity index (χ0v) is 19.5. The molecule has 1 aromatic carbocycles. The summed E-state index contributed by atoms with van der Waals surface area (Å²) in [7, 11) is 0. The summed E-state index contributed by atoms with van der Waals surface area (Å²) >= 11 is 0. The zero-order chi connectivity index (χ0) is 25.4. The molecule has 7 atom stereocenters. The molecular formula is C25H28F6O4. The van der Waals surface area contributed by atoms with E-state index in [-0.39, 0.29) is 42.7 Å². The van der Waals surface area contributed by atoms with Crippen molar-refractivity contribution < 1.29 is 45.3 Å². The van der Waals surface area contributed by atoms with Gasteiger partial charge in [0, 0.05) is 12.3 Å². The Bertz CT molecular complexity index is 974. The second kappa shape index (κ2) is 8.10. The summed E-state index contributed by atoms with van der Waals surface area (Å²) in [6.07, 6.45) is -6.82. The predicted molar refractivity (Wildman–Crippen MR) is 111 cm³/mol. The summed E-state index contributed by atoms with van der Waals surface area (Å²) in [5.41, 5.74) is -3.47. The van der Waals surface area contributed by atoms with Crippen molar-refractivity contribution in [3.63, 3.8) is 0 Å². The van der Waals surface area contributed by atoms with Crippen LogP contribution in [0.5, 0.6) is 0 Å². The normalized spacial score (nSPS) is 38.7. The van der Waals surface area contributed by atoms with Crippen LogP contribution in [0.4, 0.5) is 26.3 Å². The van der Waals surface area contributed by atoms with Crippen LogP contribution in [0.15, 0.2) is 18.2 Å². The maximum absolute atomic E-state index is 13.2. The first-order chi connectivity index (χ1) is 16.2. The van der Waals surface area contributed by atoms with Crippen molar-refractivity contribution in [1.29, 1.82) is 0 Å². The van der Waals surface area contributed by atoms with Crippen LogP contribution >= 0.6 is 0 Å². The molecule has 5 rings (SSSR count). The largest absolute Gasteiger partial charge is 0.432 e. The SMILES string of the molecule is C[C@@H]1CC[C@H]2[C@@H](CCCc3cc(C(F)(F)F)cc(C(F)(F)F)c3)C(=O)O[C@@H]3O[C@@]4(C)CC[C@@H]1[C@]32O4. The molecule has 4 aliphatic rings. The van der Waals surface area contributed by atoms with E-state index in [1.165, 1.54) is 0 Å². The molecule has 0 aromatic heterocycles. The number of halogens is 6. The van der Waals surface area contributed by atoms with E-state index in [0.717, 1.165) is 31.4 Å².